The Kier molecular flexibility index (Phi) is 8.26. The van der Waals surface area contributed by atoms with Crippen molar-refractivity contribution in [2.45, 2.75) is 33.6 Å². The first-order valence-electron chi connectivity index (χ1n) is 8.01. The van der Waals surface area contributed by atoms with Crippen LogP contribution in [0.3, 0.4) is 0 Å². The van der Waals surface area contributed by atoms with Crippen LogP contribution in [-0.2, 0) is 9.59 Å². The van der Waals surface area contributed by atoms with Gasteiger partial charge in [0.1, 0.15) is 5.82 Å². The molecule has 0 aliphatic heterocycles. The molecule has 0 atom stereocenters. The molecule has 5 nitrogen and oxygen atoms in total. The molecular weight excluding hydrogens is 297 g/mol. The van der Waals surface area contributed by atoms with Crippen molar-refractivity contribution in [3.8, 4) is 0 Å². The van der Waals surface area contributed by atoms with E-state index in [1.165, 1.54) is 6.07 Å². The van der Waals surface area contributed by atoms with Gasteiger partial charge in [-0.15, -0.1) is 0 Å². The Bertz CT molecular complexity index is 535. The number of nitrogens with zero attached hydrogens (tertiary/aromatic N) is 1. The van der Waals surface area contributed by atoms with Gasteiger partial charge in [-0.05, 0) is 44.0 Å². The molecule has 2 amide bonds. The molecule has 0 unspecified atom stereocenters. The topological polar surface area (TPSA) is 61.4 Å². The van der Waals surface area contributed by atoms with Crippen molar-refractivity contribution in [1.29, 1.82) is 0 Å². The van der Waals surface area contributed by atoms with E-state index in [1.54, 1.807) is 24.0 Å². The molecule has 0 aliphatic carbocycles. The highest BCUT2D eigenvalue weighted by molar-refractivity contribution is 5.92. The smallest absolute Gasteiger partial charge is 0.238 e. The quantitative estimate of drug-likeness (QED) is 0.733. The minimum absolute atomic E-state index is 0.0884. The number of amides is 2. The molecule has 6 heteroatoms. The van der Waals surface area contributed by atoms with E-state index in [9.17, 15) is 14.0 Å². The molecule has 23 heavy (non-hydrogen) atoms. The molecule has 1 aromatic rings. The standard InChI is InChI=1S/C17H26FN3O2/c1-4-8-19-16(22)11-21(9-5-2)12-17(23)20-14-7-6-13(3)15(18)10-14/h6-7,10H,4-5,8-9,11-12H2,1-3H3,(H,19,22)(H,20,23). The first-order valence-corrected chi connectivity index (χ1v) is 8.01. The molecule has 0 saturated heterocycles. The number of rotatable bonds is 9. The molecule has 0 aliphatic rings. The summed E-state index contributed by atoms with van der Waals surface area (Å²) in [6.07, 6.45) is 1.71. The van der Waals surface area contributed by atoms with Crippen molar-refractivity contribution >= 4 is 17.5 Å². The monoisotopic (exact) mass is 323 g/mol. The van der Waals surface area contributed by atoms with Crippen LogP contribution in [0.2, 0.25) is 0 Å². The van der Waals surface area contributed by atoms with Crippen LogP contribution in [0.5, 0.6) is 0 Å². The molecular formula is C17H26FN3O2. The van der Waals surface area contributed by atoms with Crippen LogP contribution in [0.1, 0.15) is 32.3 Å². The van der Waals surface area contributed by atoms with Crippen molar-refractivity contribution in [2.24, 2.45) is 0 Å². The molecule has 2 N–H and O–H groups in total. The second-order valence-electron chi connectivity index (χ2n) is 5.57. The zero-order valence-electron chi connectivity index (χ0n) is 14.1. The lowest BCUT2D eigenvalue weighted by atomic mass is 10.2. The summed E-state index contributed by atoms with van der Waals surface area (Å²) < 4.78 is 13.5. The lowest BCUT2D eigenvalue weighted by Gasteiger charge is -2.20. The van der Waals surface area contributed by atoms with Crippen molar-refractivity contribution in [1.82, 2.24) is 10.2 Å². The van der Waals surface area contributed by atoms with Crippen LogP contribution in [0.25, 0.3) is 0 Å². The maximum atomic E-state index is 13.5. The third-order valence-corrected chi connectivity index (χ3v) is 3.30. The largest absolute Gasteiger partial charge is 0.355 e. The summed E-state index contributed by atoms with van der Waals surface area (Å²) in [7, 11) is 0. The van der Waals surface area contributed by atoms with Gasteiger partial charge in [-0.1, -0.05) is 19.9 Å². The fraction of sp³-hybridized carbons (Fsp3) is 0.529. The molecule has 0 saturated carbocycles. The Morgan fingerprint density at radius 3 is 2.43 bits per heavy atom. The molecule has 128 valence electrons. The maximum Gasteiger partial charge on any atom is 0.238 e. The lowest BCUT2D eigenvalue weighted by Crippen LogP contribution is -2.41. The average molecular weight is 323 g/mol. The number of carbonyl (C=O) groups is 2. The van der Waals surface area contributed by atoms with Crippen molar-refractivity contribution in [3.05, 3.63) is 29.6 Å². The van der Waals surface area contributed by atoms with Gasteiger partial charge in [0.15, 0.2) is 0 Å². The molecule has 0 bridgehead atoms. The molecule has 1 aromatic carbocycles. The van der Waals surface area contributed by atoms with Gasteiger partial charge in [0.05, 0.1) is 13.1 Å². The lowest BCUT2D eigenvalue weighted by molar-refractivity contribution is -0.123. The minimum atomic E-state index is -0.354. The minimum Gasteiger partial charge on any atom is -0.355 e. The predicted octanol–water partition coefficient (Wildman–Crippen LogP) is 2.31. The van der Waals surface area contributed by atoms with Crippen LogP contribution < -0.4 is 10.6 Å². The van der Waals surface area contributed by atoms with Crippen molar-refractivity contribution in [2.75, 3.05) is 31.5 Å². The zero-order valence-corrected chi connectivity index (χ0v) is 14.1. The van der Waals surface area contributed by atoms with Gasteiger partial charge in [-0.2, -0.15) is 0 Å². The number of carbonyl (C=O) groups excluding carboxylic acids is 2. The normalized spacial score (nSPS) is 10.7. The third kappa shape index (κ3) is 7.23. The van der Waals surface area contributed by atoms with Crippen LogP contribution in [0, 0.1) is 12.7 Å². The molecule has 0 fully saturated rings. The van der Waals surface area contributed by atoms with Gasteiger partial charge in [-0.25, -0.2) is 4.39 Å². The van der Waals surface area contributed by atoms with E-state index in [2.05, 4.69) is 10.6 Å². The van der Waals surface area contributed by atoms with Crippen molar-refractivity contribution in [3.63, 3.8) is 0 Å². The van der Waals surface area contributed by atoms with E-state index in [1.807, 2.05) is 13.8 Å². The number of halogens is 1. The summed E-state index contributed by atoms with van der Waals surface area (Å²) in [4.78, 5) is 25.6. The third-order valence-electron chi connectivity index (χ3n) is 3.30. The molecule has 0 radical (unpaired) electrons. The van der Waals surface area contributed by atoms with E-state index in [0.717, 1.165) is 12.8 Å². The summed E-state index contributed by atoms with van der Waals surface area (Å²) in [5.41, 5.74) is 0.952. The first kappa shape index (κ1) is 19.1. The second-order valence-corrected chi connectivity index (χ2v) is 5.57. The van der Waals surface area contributed by atoms with E-state index in [0.29, 0.717) is 24.3 Å². The summed E-state index contributed by atoms with van der Waals surface area (Å²) in [6, 6.07) is 4.58. The number of anilines is 1. The van der Waals surface area contributed by atoms with Crippen LogP contribution in [0.15, 0.2) is 18.2 Å². The van der Waals surface area contributed by atoms with Gasteiger partial charge >= 0.3 is 0 Å². The van der Waals surface area contributed by atoms with E-state index in [-0.39, 0.29) is 30.7 Å². The highest BCUT2D eigenvalue weighted by atomic mass is 19.1. The molecule has 0 heterocycles. The molecule has 1 rings (SSSR count). The van der Waals surface area contributed by atoms with Gasteiger partial charge in [0, 0.05) is 12.2 Å². The SMILES string of the molecule is CCCNC(=O)CN(CCC)CC(=O)Nc1ccc(C)c(F)c1. The number of hydrogen-bond acceptors (Lipinski definition) is 3. The van der Waals surface area contributed by atoms with Gasteiger partial charge in [0.2, 0.25) is 11.8 Å². The Morgan fingerprint density at radius 2 is 1.83 bits per heavy atom. The summed E-state index contributed by atoms with van der Waals surface area (Å²) in [6.45, 7) is 7.20. The van der Waals surface area contributed by atoms with Crippen LogP contribution in [-0.4, -0.2) is 42.9 Å². The Labute approximate surface area is 137 Å². The summed E-state index contributed by atoms with van der Waals surface area (Å²) in [5.74, 6) is -0.702. The fourth-order valence-electron chi connectivity index (χ4n) is 2.13. The average Bonchev–Trinajstić information content (AvgIpc) is 2.49. The highest BCUT2D eigenvalue weighted by Crippen LogP contribution is 2.13. The summed E-state index contributed by atoms with van der Waals surface area (Å²) >= 11 is 0. The molecule has 0 spiro atoms. The number of aryl methyl sites for hydroxylation is 1. The van der Waals surface area contributed by atoms with E-state index in [4.69, 9.17) is 0 Å². The first-order chi connectivity index (χ1) is 11.0. The number of benzene rings is 1. The Morgan fingerprint density at radius 1 is 1.13 bits per heavy atom. The highest BCUT2D eigenvalue weighted by Gasteiger charge is 2.14. The number of hydrogen-bond donors (Lipinski definition) is 2. The fourth-order valence-corrected chi connectivity index (χ4v) is 2.13. The van der Waals surface area contributed by atoms with Crippen LogP contribution >= 0.6 is 0 Å². The van der Waals surface area contributed by atoms with Gasteiger partial charge in [0.25, 0.3) is 0 Å². The predicted molar refractivity (Wildman–Crippen MR) is 89.8 cm³/mol. The Hall–Kier alpha value is -1.95. The van der Waals surface area contributed by atoms with Gasteiger partial charge < -0.3 is 10.6 Å². The maximum absolute atomic E-state index is 13.5. The van der Waals surface area contributed by atoms with Crippen LogP contribution in [0.4, 0.5) is 10.1 Å². The summed E-state index contributed by atoms with van der Waals surface area (Å²) in [5, 5.41) is 5.46. The zero-order chi connectivity index (χ0) is 17.2. The Balaban J connectivity index is 2.55. The van der Waals surface area contributed by atoms with Crippen molar-refractivity contribution < 1.29 is 14.0 Å². The second kappa shape index (κ2) is 9.94. The van der Waals surface area contributed by atoms with E-state index < -0.39 is 0 Å². The van der Waals surface area contributed by atoms with Gasteiger partial charge in [-0.3, -0.25) is 14.5 Å². The van der Waals surface area contributed by atoms with E-state index >= 15 is 0 Å². The molecule has 0 aromatic heterocycles. The number of nitrogens with one attached hydrogen (secondary N) is 2.